The maximum Gasteiger partial charge on any atom is 0.129 e. The van der Waals surface area contributed by atoms with E-state index in [1.807, 2.05) is 13.1 Å². The lowest BCUT2D eigenvalue weighted by Gasteiger charge is -2.02. The second kappa shape index (κ2) is 14.5. The molecule has 0 atom stereocenters. The molecule has 0 unspecified atom stereocenters. The van der Waals surface area contributed by atoms with Crippen LogP contribution in [0.15, 0.2) is 12.3 Å². The van der Waals surface area contributed by atoms with Gasteiger partial charge in [0.05, 0.1) is 5.69 Å². The van der Waals surface area contributed by atoms with Crippen molar-refractivity contribution in [3.63, 3.8) is 0 Å². The zero-order chi connectivity index (χ0) is 16.6. The Morgan fingerprint density at radius 2 is 1.35 bits per heavy atom. The Kier molecular flexibility index (Phi) is 12.6. The minimum Gasteiger partial charge on any atom is -0.345 e. The van der Waals surface area contributed by atoms with Crippen molar-refractivity contribution in [2.75, 3.05) is 0 Å². The summed E-state index contributed by atoms with van der Waals surface area (Å²) in [5.74, 6) is 0.984. The summed E-state index contributed by atoms with van der Waals surface area (Å²) < 4.78 is 0. The van der Waals surface area contributed by atoms with Gasteiger partial charge in [-0.05, 0) is 25.8 Å². The van der Waals surface area contributed by atoms with E-state index in [0.717, 1.165) is 11.5 Å². The monoisotopic (exact) mass is 318 g/mol. The summed E-state index contributed by atoms with van der Waals surface area (Å²) in [5, 5.41) is 0. The van der Waals surface area contributed by atoms with E-state index in [4.69, 9.17) is 0 Å². The molecule has 1 aromatic heterocycles. The van der Waals surface area contributed by atoms with Gasteiger partial charge in [-0.3, -0.25) is 0 Å². The van der Waals surface area contributed by atoms with Crippen molar-refractivity contribution >= 4 is 6.08 Å². The van der Waals surface area contributed by atoms with E-state index in [2.05, 4.69) is 29.0 Å². The highest BCUT2D eigenvalue weighted by molar-refractivity contribution is 5.39. The molecule has 0 aromatic carbocycles. The van der Waals surface area contributed by atoms with Gasteiger partial charge in [-0.15, -0.1) is 0 Å². The molecule has 0 radical (unpaired) electrons. The molecule has 0 aliphatic rings. The number of rotatable bonds is 15. The summed E-state index contributed by atoms with van der Waals surface area (Å²) in [5.41, 5.74) is 1.06. The van der Waals surface area contributed by atoms with Gasteiger partial charge in [0, 0.05) is 6.20 Å². The Hall–Kier alpha value is -1.05. The standard InChI is InChI=1S/C21H38N2/c1-3-4-5-6-7-8-9-10-11-12-13-14-15-16-17-18-21-22-19-20(2)23-21/h17-19H,3-16H2,1-2H3,(H,22,23). The Bertz CT molecular complexity index is 392. The van der Waals surface area contributed by atoms with Gasteiger partial charge in [0.1, 0.15) is 5.82 Å². The van der Waals surface area contributed by atoms with Crippen molar-refractivity contribution in [3.8, 4) is 0 Å². The van der Waals surface area contributed by atoms with Crippen LogP contribution in [0.4, 0.5) is 0 Å². The molecule has 2 heteroatoms. The van der Waals surface area contributed by atoms with Crippen LogP contribution >= 0.6 is 0 Å². The van der Waals surface area contributed by atoms with Crippen LogP contribution in [0.5, 0.6) is 0 Å². The molecule has 0 fully saturated rings. The van der Waals surface area contributed by atoms with Gasteiger partial charge in [0.15, 0.2) is 0 Å². The first-order chi connectivity index (χ1) is 11.3. The first-order valence-corrected chi connectivity index (χ1v) is 10.0. The Balaban J connectivity index is 1.77. The van der Waals surface area contributed by atoms with Gasteiger partial charge in [-0.25, -0.2) is 4.98 Å². The summed E-state index contributed by atoms with van der Waals surface area (Å²) in [4.78, 5) is 7.53. The topological polar surface area (TPSA) is 28.7 Å². The molecular formula is C21H38N2. The molecule has 0 amide bonds. The van der Waals surface area contributed by atoms with Crippen LogP contribution in [-0.2, 0) is 0 Å². The Morgan fingerprint density at radius 3 is 1.83 bits per heavy atom. The molecule has 0 aliphatic heterocycles. The van der Waals surface area contributed by atoms with Crippen LogP contribution in [0.25, 0.3) is 6.08 Å². The number of allylic oxidation sites excluding steroid dienone is 1. The van der Waals surface area contributed by atoms with Gasteiger partial charge in [-0.1, -0.05) is 90.0 Å². The number of nitrogens with one attached hydrogen (secondary N) is 1. The average molecular weight is 319 g/mol. The maximum absolute atomic E-state index is 4.37. The van der Waals surface area contributed by atoms with E-state index in [1.54, 1.807) is 0 Å². The second-order valence-electron chi connectivity index (χ2n) is 6.86. The smallest absolute Gasteiger partial charge is 0.129 e. The number of imidazole rings is 1. The predicted molar refractivity (Wildman–Crippen MR) is 103 cm³/mol. The molecule has 132 valence electrons. The number of nitrogens with zero attached hydrogens (tertiary/aromatic N) is 1. The molecule has 1 aromatic rings. The summed E-state index contributed by atoms with van der Waals surface area (Å²) in [6.45, 7) is 4.30. The number of aryl methyl sites for hydroxylation is 1. The van der Waals surface area contributed by atoms with Gasteiger partial charge in [0.25, 0.3) is 0 Å². The second-order valence-corrected chi connectivity index (χ2v) is 6.86. The molecule has 0 saturated heterocycles. The van der Waals surface area contributed by atoms with Crippen molar-refractivity contribution in [2.24, 2.45) is 0 Å². The highest BCUT2D eigenvalue weighted by atomic mass is 14.9. The maximum atomic E-state index is 4.37. The largest absolute Gasteiger partial charge is 0.345 e. The van der Waals surface area contributed by atoms with E-state index < -0.39 is 0 Å². The van der Waals surface area contributed by atoms with Crippen molar-refractivity contribution < 1.29 is 0 Å². The van der Waals surface area contributed by atoms with E-state index in [1.165, 1.54) is 89.9 Å². The zero-order valence-electron chi connectivity index (χ0n) is 15.6. The van der Waals surface area contributed by atoms with Crippen LogP contribution in [0.2, 0.25) is 0 Å². The molecule has 1 N–H and O–H groups in total. The van der Waals surface area contributed by atoms with Gasteiger partial charge >= 0.3 is 0 Å². The molecule has 2 nitrogen and oxygen atoms in total. The summed E-state index contributed by atoms with van der Waals surface area (Å²) in [6.07, 6.45) is 26.0. The average Bonchev–Trinajstić information content (AvgIpc) is 2.96. The minimum absolute atomic E-state index is 0.984. The Morgan fingerprint density at radius 1 is 0.826 bits per heavy atom. The lowest BCUT2D eigenvalue weighted by molar-refractivity contribution is 0.540. The van der Waals surface area contributed by atoms with Gasteiger partial charge in [0.2, 0.25) is 0 Å². The van der Waals surface area contributed by atoms with Crippen LogP contribution in [0.1, 0.15) is 108 Å². The van der Waals surface area contributed by atoms with E-state index in [-0.39, 0.29) is 0 Å². The molecular weight excluding hydrogens is 280 g/mol. The first-order valence-electron chi connectivity index (χ1n) is 10.0. The van der Waals surface area contributed by atoms with E-state index in [0.29, 0.717) is 0 Å². The third-order valence-electron chi connectivity index (χ3n) is 4.48. The van der Waals surface area contributed by atoms with Crippen LogP contribution in [-0.4, -0.2) is 9.97 Å². The molecule has 23 heavy (non-hydrogen) atoms. The van der Waals surface area contributed by atoms with Gasteiger partial charge < -0.3 is 4.98 Å². The lowest BCUT2D eigenvalue weighted by Crippen LogP contribution is -1.82. The van der Waals surface area contributed by atoms with Crippen LogP contribution in [0, 0.1) is 6.92 Å². The quantitative estimate of drug-likeness (QED) is 0.340. The van der Waals surface area contributed by atoms with E-state index in [9.17, 15) is 0 Å². The third-order valence-corrected chi connectivity index (χ3v) is 4.48. The lowest BCUT2D eigenvalue weighted by atomic mass is 10.0. The van der Waals surface area contributed by atoms with Crippen molar-refractivity contribution in [1.82, 2.24) is 9.97 Å². The first kappa shape index (κ1) is 20.0. The number of unbranched alkanes of at least 4 members (excludes halogenated alkanes) is 13. The summed E-state index contributed by atoms with van der Waals surface area (Å²) in [7, 11) is 0. The fourth-order valence-corrected chi connectivity index (χ4v) is 2.99. The molecule has 0 saturated carbocycles. The van der Waals surface area contributed by atoms with Crippen LogP contribution in [0.3, 0.4) is 0 Å². The number of H-pyrrole nitrogens is 1. The molecule has 0 bridgehead atoms. The predicted octanol–water partition coefficient (Wildman–Crippen LogP) is 7.21. The molecule has 1 rings (SSSR count). The fourth-order valence-electron chi connectivity index (χ4n) is 2.99. The highest BCUT2D eigenvalue weighted by Crippen LogP contribution is 2.13. The highest BCUT2D eigenvalue weighted by Gasteiger charge is 1.94. The molecule has 0 spiro atoms. The third kappa shape index (κ3) is 12.1. The molecule has 1 heterocycles. The number of hydrogen-bond donors (Lipinski definition) is 1. The Labute approximate surface area is 144 Å². The van der Waals surface area contributed by atoms with Gasteiger partial charge in [-0.2, -0.15) is 0 Å². The SMILES string of the molecule is CCCCCCCCCCCCCCCC=Cc1nc(C)c[nH]1. The van der Waals surface area contributed by atoms with Crippen LogP contribution < -0.4 is 0 Å². The molecule has 0 aliphatic carbocycles. The van der Waals surface area contributed by atoms with Crippen molar-refractivity contribution in [2.45, 2.75) is 104 Å². The number of aromatic amines is 1. The summed E-state index contributed by atoms with van der Waals surface area (Å²) >= 11 is 0. The summed E-state index contributed by atoms with van der Waals surface area (Å²) in [6, 6.07) is 0. The number of hydrogen-bond acceptors (Lipinski definition) is 1. The van der Waals surface area contributed by atoms with Crippen molar-refractivity contribution in [1.29, 1.82) is 0 Å². The van der Waals surface area contributed by atoms with Crippen molar-refractivity contribution in [3.05, 3.63) is 23.8 Å². The number of aromatic nitrogens is 2. The normalized spacial score (nSPS) is 11.6. The zero-order valence-corrected chi connectivity index (χ0v) is 15.6. The van der Waals surface area contributed by atoms with E-state index >= 15 is 0 Å². The minimum atomic E-state index is 0.984. The fraction of sp³-hybridized carbons (Fsp3) is 0.762.